The van der Waals surface area contributed by atoms with Crippen LogP contribution in [0.2, 0.25) is 0 Å². The van der Waals surface area contributed by atoms with E-state index >= 15 is 0 Å². The summed E-state index contributed by atoms with van der Waals surface area (Å²) in [5.41, 5.74) is -1.42. The van der Waals surface area contributed by atoms with Crippen LogP contribution >= 0.6 is 0 Å². The Morgan fingerprint density at radius 2 is 2.04 bits per heavy atom. The van der Waals surface area contributed by atoms with Crippen LogP contribution < -0.4 is 0 Å². The molecule has 0 aliphatic heterocycles. The Labute approximate surface area is 148 Å². The van der Waals surface area contributed by atoms with E-state index in [1.807, 2.05) is 0 Å². The van der Waals surface area contributed by atoms with Gasteiger partial charge in [0.15, 0.2) is 5.78 Å². The lowest BCUT2D eigenvalue weighted by molar-refractivity contribution is -0.131. The average Bonchev–Trinajstić information content (AvgIpc) is 2.51. The summed E-state index contributed by atoms with van der Waals surface area (Å²) in [4.78, 5) is 23.7. The molecular weight excluding hydrogens is 358 g/mol. The van der Waals surface area contributed by atoms with Crippen molar-refractivity contribution < 1.29 is 34.8 Å². The molecule has 4 N–H and O–H groups in total. The highest BCUT2D eigenvalue weighted by Gasteiger charge is 2.46. The highest BCUT2D eigenvalue weighted by Crippen LogP contribution is 2.49. The Balaban J connectivity index is 2.39. The molecule has 2 atom stereocenters. The van der Waals surface area contributed by atoms with Crippen molar-refractivity contribution in [1.82, 2.24) is 0 Å². The number of carboxylic acids is 1. The zero-order chi connectivity index (χ0) is 19.2. The summed E-state index contributed by atoms with van der Waals surface area (Å²) in [6.07, 6.45) is 0.486. The molecule has 0 radical (unpaired) electrons. The van der Waals surface area contributed by atoms with Crippen molar-refractivity contribution in [1.29, 1.82) is 0 Å². The minimum absolute atomic E-state index is 0.0462. The lowest BCUT2D eigenvalue weighted by Gasteiger charge is -2.38. The maximum atomic E-state index is 12.6. The van der Waals surface area contributed by atoms with Crippen LogP contribution in [0.25, 0.3) is 10.8 Å². The minimum atomic E-state index is -1.61. The second-order valence-corrected chi connectivity index (χ2v) is 6.54. The van der Waals surface area contributed by atoms with E-state index in [1.165, 1.54) is 20.1 Å². The number of hydrogen-bond donors (Lipinski definition) is 4. The van der Waals surface area contributed by atoms with Gasteiger partial charge in [-0.2, -0.15) is 0 Å². The molecule has 0 saturated carbocycles. The van der Waals surface area contributed by atoms with E-state index in [4.69, 9.17) is 9.84 Å². The maximum Gasteiger partial charge on any atom is 0.331 e. The summed E-state index contributed by atoms with van der Waals surface area (Å²) in [6.45, 7) is 1.41. The fourth-order valence-corrected chi connectivity index (χ4v) is 3.65. The molecule has 26 heavy (non-hydrogen) atoms. The molecule has 7 nitrogen and oxygen atoms in total. The fourth-order valence-electron chi connectivity index (χ4n) is 3.65. The standard InChI is InChI=1S/C19H18O7/c1-19(25)8-12(21)16-10(17(19)13(26-2)7-14(22)23)6-9-4-3-5-11(20)15(9)18(16)24/h3-7,17,20,24-25H,8H2,1-2H3,(H,22,23)/b13-7-/i1+1,3+1,4+1,5+1,6+1,7+1,8+1,9+1,10+1,11+1,12+1,13+1,14+1,15+1,16+1,17+1,18+1,19+1. The first-order valence-electron chi connectivity index (χ1n) is 7.89. The van der Waals surface area contributed by atoms with Gasteiger partial charge in [0.1, 0.15) is 17.3 Å². The number of benzene rings is 2. The van der Waals surface area contributed by atoms with Gasteiger partial charge in [-0.25, -0.2) is 4.79 Å². The number of carboxylic acid groups (broad SMARTS) is 1. The van der Waals surface area contributed by atoms with Gasteiger partial charge in [0, 0.05) is 6.42 Å². The number of ketones is 1. The summed E-state index contributed by atoms with van der Waals surface area (Å²) in [6, 6.07) is 6.15. The highest BCUT2D eigenvalue weighted by atomic mass is 16.6. The molecule has 0 bridgehead atoms. The van der Waals surface area contributed by atoms with Gasteiger partial charge in [-0.1, -0.05) is 12.1 Å². The van der Waals surface area contributed by atoms with E-state index in [0.29, 0.717) is 5.39 Å². The van der Waals surface area contributed by atoms with Crippen molar-refractivity contribution in [2.24, 2.45) is 0 Å². The van der Waals surface area contributed by atoms with Crippen molar-refractivity contribution in [3.63, 3.8) is 0 Å². The number of aliphatic carboxylic acids is 1. The monoisotopic (exact) mass is 376 g/mol. The first-order valence-corrected chi connectivity index (χ1v) is 7.89. The molecule has 2 aromatic carbocycles. The van der Waals surface area contributed by atoms with E-state index < -0.39 is 29.0 Å². The second kappa shape index (κ2) is 6.03. The molecule has 0 amide bonds. The number of ether oxygens (including phenoxy) is 1. The quantitative estimate of drug-likeness (QED) is 0.368. The molecule has 0 heterocycles. The summed E-state index contributed by atoms with van der Waals surface area (Å²) < 4.78 is 5.18. The van der Waals surface area contributed by atoms with Crippen LogP contribution in [-0.2, 0) is 9.53 Å². The zero-order valence-electron chi connectivity index (χ0n) is 14.2. The van der Waals surface area contributed by atoms with Crippen LogP contribution in [0.1, 0.15) is 35.2 Å². The van der Waals surface area contributed by atoms with Gasteiger partial charge < -0.3 is 25.2 Å². The summed E-state index contributed by atoms with van der Waals surface area (Å²) >= 11 is 0. The SMILES string of the molecule is CO/[13C](=[13CH]\[13C](=O)O)[13CH]1[13c]2[13cH][13c]3[13cH][13cH][13cH][13c](O)[13c]3[13c](O)[13c]2[13C](=O)[13CH2][13C]1([13CH3])O. The molecule has 0 spiro atoms. The van der Waals surface area contributed by atoms with Crippen LogP contribution in [0.5, 0.6) is 11.5 Å². The Bertz CT molecular complexity index is 956. The number of carbonyl (C=O) groups is 2. The Morgan fingerprint density at radius 3 is 2.65 bits per heavy atom. The van der Waals surface area contributed by atoms with E-state index in [1.54, 1.807) is 18.2 Å². The van der Waals surface area contributed by atoms with Gasteiger partial charge in [-0.15, -0.1) is 0 Å². The lowest BCUT2D eigenvalue weighted by Crippen LogP contribution is -2.41. The van der Waals surface area contributed by atoms with Crippen molar-refractivity contribution in [3.8, 4) is 11.5 Å². The summed E-state index contributed by atoms with van der Waals surface area (Å²) in [5, 5.41) is 41.2. The topological polar surface area (TPSA) is 124 Å². The van der Waals surface area contributed by atoms with E-state index in [-0.39, 0.29) is 34.4 Å². The van der Waals surface area contributed by atoms with Crippen LogP contribution in [0, 0.1) is 0 Å². The predicted octanol–water partition coefficient (Wildman–Crippen LogP) is 2.29. The van der Waals surface area contributed by atoms with Crippen LogP contribution in [0.4, 0.5) is 0 Å². The molecular formula is C19H18O7. The second-order valence-electron chi connectivity index (χ2n) is 6.54. The number of aliphatic hydroxyl groups is 1. The number of aromatic hydroxyl groups is 2. The van der Waals surface area contributed by atoms with E-state index in [9.17, 15) is 24.9 Å². The van der Waals surface area contributed by atoms with Gasteiger partial charge in [0.2, 0.25) is 0 Å². The minimum Gasteiger partial charge on any atom is -0.507 e. The predicted molar refractivity (Wildman–Crippen MR) is 92.3 cm³/mol. The Morgan fingerprint density at radius 1 is 1.35 bits per heavy atom. The van der Waals surface area contributed by atoms with E-state index in [0.717, 1.165) is 6.08 Å². The van der Waals surface area contributed by atoms with Crippen LogP contribution in [-0.4, -0.2) is 44.9 Å². The largest absolute Gasteiger partial charge is 0.507 e. The lowest BCUT2D eigenvalue weighted by atomic mass is 10.7. The number of hydrogen-bond acceptors (Lipinski definition) is 6. The first kappa shape index (κ1) is 17.8. The van der Waals surface area contributed by atoms with Gasteiger partial charge in [0.25, 0.3) is 0 Å². The molecule has 0 fully saturated rings. The van der Waals surface area contributed by atoms with Gasteiger partial charge >= 0.3 is 5.97 Å². The molecule has 2 unspecified atom stereocenters. The van der Waals surface area contributed by atoms with Crippen LogP contribution in [0.3, 0.4) is 0 Å². The Hall–Kier alpha value is -3.06. The molecule has 2 aromatic rings. The molecule has 3 rings (SSSR count). The molecule has 0 aromatic heterocycles. The van der Waals surface area contributed by atoms with Crippen molar-refractivity contribution in [2.45, 2.75) is 24.9 Å². The average molecular weight is 376 g/mol. The third-order valence-corrected chi connectivity index (χ3v) is 4.66. The van der Waals surface area contributed by atoms with Crippen molar-refractivity contribution in [3.05, 3.63) is 47.2 Å². The highest BCUT2D eigenvalue weighted by molar-refractivity contribution is 6.09. The van der Waals surface area contributed by atoms with Gasteiger partial charge in [-0.3, -0.25) is 4.79 Å². The molecule has 1 aliphatic rings. The number of fused-ring (bicyclic) bond motifs is 2. The number of carbonyl (C=O) groups excluding carboxylic acids is 1. The number of Topliss-reactive ketones (excluding diaryl/α,β-unsaturated/α-hetero) is 1. The first-order chi connectivity index (χ1) is 12.2. The number of phenols is 2. The molecule has 7 heteroatoms. The normalized spacial score (nSPS) is 23.0. The number of methoxy groups -OCH3 is 1. The smallest absolute Gasteiger partial charge is 0.331 e. The van der Waals surface area contributed by atoms with Crippen molar-refractivity contribution >= 4 is 22.5 Å². The van der Waals surface area contributed by atoms with Gasteiger partial charge in [-0.05, 0) is 30.0 Å². The van der Waals surface area contributed by atoms with E-state index in [2.05, 4.69) is 0 Å². The van der Waals surface area contributed by atoms with Gasteiger partial charge in [0.05, 0.1) is 35.7 Å². The van der Waals surface area contributed by atoms with Crippen LogP contribution in [0.15, 0.2) is 36.1 Å². The molecule has 1 aliphatic carbocycles. The summed E-state index contributed by atoms with van der Waals surface area (Å²) in [7, 11) is 1.27. The zero-order valence-corrected chi connectivity index (χ0v) is 14.2. The molecule has 0 saturated heterocycles. The Kier molecular flexibility index (Phi) is 4.12. The number of rotatable bonds is 3. The fraction of sp³-hybridized carbons (Fsp3) is 0.263. The third-order valence-electron chi connectivity index (χ3n) is 4.66. The number of phenolic OH excluding ortho intramolecular Hbond substituents is 2. The maximum absolute atomic E-state index is 12.6. The summed E-state index contributed by atoms with van der Waals surface area (Å²) in [5.74, 6) is -3.37. The molecule has 136 valence electrons. The van der Waals surface area contributed by atoms with Crippen molar-refractivity contribution in [2.75, 3.05) is 7.11 Å². The third kappa shape index (κ3) is 2.66.